The molecule has 0 radical (unpaired) electrons. The van der Waals surface area contributed by atoms with E-state index in [0.29, 0.717) is 5.88 Å². The lowest BCUT2D eigenvalue weighted by Crippen LogP contribution is -2.00. The highest BCUT2D eigenvalue weighted by Crippen LogP contribution is 2.11. The van der Waals surface area contributed by atoms with Crippen molar-refractivity contribution in [2.75, 3.05) is 13.9 Å². The summed E-state index contributed by atoms with van der Waals surface area (Å²) in [4.78, 5) is 4.03. The molecule has 0 unspecified atom stereocenters. The first-order chi connectivity index (χ1) is 5.33. The fourth-order valence-corrected chi connectivity index (χ4v) is 0.917. The number of methoxy groups -OCH3 is 1. The van der Waals surface area contributed by atoms with E-state index in [4.69, 9.17) is 9.47 Å². The summed E-state index contributed by atoms with van der Waals surface area (Å²) in [6, 6.07) is 5.45. The predicted octanol–water partition coefficient (Wildman–Crippen LogP) is 1.83. The van der Waals surface area contributed by atoms with Crippen LogP contribution < -0.4 is 4.74 Å². The number of nitrogens with zero attached hydrogens (tertiary/aromatic N) is 1. The van der Waals surface area contributed by atoms with Gasteiger partial charge in [-0.2, -0.15) is 0 Å². The zero-order valence-electron chi connectivity index (χ0n) is 6.08. The SMILES string of the molecule is COCOc1cccc(Br)n1. The maximum atomic E-state index is 5.07. The number of pyridine rings is 1. The third-order valence-corrected chi connectivity index (χ3v) is 1.46. The quantitative estimate of drug-likeness (QED) is 0.572. The van der Waals surface area contributed by atoms with E-state index in [-0.39, 0.29) is 6.79 Å². The van der Waals surface area contributed by atoms with Gasteiger partial charge in [0, 0.05) is 13.2 Å². The Morgan fingerprint density at radius 2 is 2.36 bits per heavy atom. The Kier molecular flexibility index (Phi) is 3.32. The molecule has 60 valence electrons. The van der Waals surface area contributed by atoms with E-state index in [1.807, 2.05) is 12.1 Å². The molecule has 1 aromatic rings. The third kappa shape index (κ3) is 2.86. The molecule has 1 rings (SSSR count). The average Bonchev–Trinajstić information content (AvgIpc) is 2.01. The second-order valence-corrected chi connectivity index (χ2v) is 2.66. The minimum Gasteiger partial charge on any atom is -0.451 e. The molecule has 1 aromatic heterocycles. The van der Waals surface area contributed by atoms with Crippen molar-refractivity contribution in [1.29, 1.82) is 0 Å². The number of rotatable bonds is 3. The Morgan fingerprint density at radius 3 is 3.00 bits per heavy atom. The van der Waals surface area contributed by atoms with E-state index in [2.05, 4.69) is 20.9 Å². The van der Waals surface area contributed by atoms with Gasteiger partial charge < -0.3 is 9.47 Å². The number of aromatic nitrogens is 1. The van der Waals surface area contributed by atoms with Gasteiger partial charge in [0.2, 0.25) is 5.88 Å². The van der Waals surface area contributed by atoms with Crippen LogP contribution in [0, 0.1) is 0 Å². The molecule has 1 heterocycles. The Labute approximate surface area is 73.5 Å². The van der Waals surface area contributed by atoms with Crippen molar-refractivity contribution in [3.8, 4) is 5.88 Å². The van der Waals surface area contributed by atoms with Crippen molar-refractivity contribution in [2.24, 2.45) is 0 Å². The van der Waals surface area contributed by atoms with E-state index >= 15 is 0 Å². The highest BCUT2D eigenvalue weighted by atomic mass is 79.9. The van der Waals surface area contributed by atoms with Gasteiger partial charge in [0.25, 0.3) is 0 Å². The molecular formula is C7H8BrNO2. The van der Waals surface area contributed by atoms with Crippen LogP contribution in [0.25, 0.3) is 0 Å². The molecule has 0 bridgehead atoms. The van der Waals surface area contributed by atoms with Crippen LogP contribution in [0.1, 0.15) is 0 Å². The maximum absolute atomic E-state index is 5.07. The minimum atomic E-state index is 0.226. The summed E-state index contributed by atoms with van der Waals surface area (Å²) < 4.78 is 10.5. The molecule has 0 atom stereocenters. The standard InChI is InChI=1S/C7H8BrNO2/c1-10-5-11-7-4-2-3-6(8)9-7/h2-4H,5H2,1H3. The third-order valence-electron chi connectivity index (χ3n) is 1.01. The highest BCUT2D eigenvalue weighted by Gasteiger charge is 1.93. The Morgan fingerprint density at radius 1 is 1.55 bits per heavy atom. The van der Waals surface area contributed by atoms with Crippen LogP contribution in [0.3, 0.4) is 0 Å². The first-order valence-electron chi connectivity index (χ1n) is 3.07. The van der Waals surface area contributed by atoms with E-state index in [0.717, 1.165) is 4.60 Å². The van der Waals surface area contributed by atoms with Crippen molar-refractivity contribution in [2.45, 2.75) is 0 Å². The maximum Gasteiger partial charge on any atom is 0.216 e. The number of halogens is 1. The van der Waals surface area contributed by atoms with Gasteiger partial charge in [-0.15, -0.1) is 0 Å². The molecule has 0 aromatic carbocycles. The smallest absolute Gasteiger partial charge is 0.216 e. The second kappa shape index (κ2) is 4.31. The summed E-state index contributed by atoms with van der Waals surface area (Å²) in [5.41, 5.74) is 0. The minimum absolute atomic E-state index is 0.226. The van der Waals surface area contributed by atoms with Crippen molar-refractivity contribution in [3.63, 3.8) is 0 Å². The predicted molar refractivity (Wildman–Crippen MR) is 44.4 cm³/mol. The summed E-state index contributed by atoms with van der Waals surface area (Å²) in [5, 5.41) is 0. The highest BCUT2D eigenvalue weighted by molar-refractivity contribution is 9.10. The summed E-state index contributed by atoms with van der Waals surface area (Å²) >= 11 is 3.22. The Hall–Kier alpha value is -0.610. The van der Waals surface area contributed by atoms with Crippen LogP contribution in [0.2, 0.25) is 0 Å². The largest absolute Gasteiger partial charge is 0.451 e. The average molecular weight is 218 g/mol. The molecule has 0 amide bonds. The Bertz CT molecular complexity index is 229. The van der Waals surface area contributed by atoms with Crippen LogP contribution in [0.4, 0.5) is 0 Å². The normalized spacial score (nSPS) is 9.64. The van der Waals surface area contributed by atoms with E-state index in [1.54, 1.807) is 13.2 Å². The van der Waals surface area contributed by atoms with Gasteiger partial charge in [-0.25, -0.2) is 4.98 Å². The van der Waals surface area contributed by atoms with Crippen molar-refractivity contribution >= 4 is 15.9 Å². The van der Waals surface area contributed by atoms with Crippen LogP contribution in [0.15, 0.2) is 22.8 Å². The van der Waals surface area contributed by atoms with Gasteiger partial charge in [0.05, 0.1) is 0 Å². The topological polar surface area (TPSA) is 31.4 Å². The molecule has 0 aliphatic carbocycles. The molecule has 0 N–H and O–H groups in total. The van der Waals surface area contributed by atoms with Crippen LogP contribution in [-0.4, -0.2) is 18.9 Å². The molecule has 0 aliphatic rings. The molecule has 0 saturated heterocycles. The lowest BCUT2D eigenvalue weighted by atomic mass is 10.5. The fraction of sp³-hybridized carbons (Fsp3) is 0.286. The molecule has 0 saturated carbocycles. The molecule has 0 spiro atoms. The molecule has 0 aliphatic heterocycles. The lowest BCUT2D eigenvalue weighted by Gasteiger charge is -2.02. The fourth-order valence-electron chi connectivity index (χ4n) is 0.589. The van der Waals surface area contributed by atoms with Crippen molar-refractivity contribution in [3.05, 3.63) is 22.8 Å². The van der Waals surface area contributed by atoms with Gasteiger partial charge in [-0.05, 0) is 22.0 Å². The zero-order valence-corrected chi connectivity index (χ0v) is 7.67. The van der Waals surface area contributed by atoms with Crippen LogP contribution >= 0.6 is 15.9 Å². The lowest BCUT2D eigenvalue weighted by molar-refractivity contribution is 0.0477. The summed E-state index contributed by atoms with van der Waals surface area (Å²) in [5.74, 6) is 0.557. The summed E-state index contributed by atoms with van der Waals surface area (Å²) in [7, 11) is 1.57. The summed E-state index contributed by atoms with van der Waals surface area (Å²) in [6.45, 7) is 0.226. The van der Waals surface area contributed by atoms with Gasteiger partial charge >= 0.3 is 0 Å². The van der Waals surface area contributed by atoms with E-state index in [1.165, 1.54) is 0 Å². The first-order valence-corrected chi connectivity index (χ1v) is 3.86. The number of ether oxygens (including phenoxy) is 2. The van der Waals surface area contributed by atoms with Crippen molar-refractivity contribution < 1.29 is 9.47 Å². The number of hydrogen-bond acceptors (Lipinski definition) is 3. The summed E-state index contributed by atoms with van der Waals surface area (Å²) in [6.07, 6.45) is 0. The molecule has 11 heavy (non-hydrogen) atoms. The van der Waals surface area contributed by atoms with Gasteiger partial charge in [0.15, 0.2) is 6.79 Å². The van der Waals surface area contributed by atoms with Gasteiger partial charge in [-0.1, -0.05) is 6.07 Å². The molecule has 4 heteroatoms. The molecular weight excluding hydrogens is 210 g/mol. The van der Waals surface area contributed by atoms with Crippen molar-refractivity contribution in [1.82, 2.24) is 4.98 Å². The van der Waals surface area contributed by atoms with E-state index in [9.17, 15) is 0 Å². The molecule has 0 fully saturated rings. The van der Waals surface area contributed by atoms with Crippen LogP contribution in [-0.2, 0) is 4.74 Å². The molecule has 3 nitrogen and oxygen atoms in total. The number of hydrogen-bond donors (Lipinski definition) is 0. The van der Waals surface area contributed by atoms with Gasteiger partial charge in [0.1, 0.15) is 4.60 Å². The Balaban J connectivity index is 2.56. The zero-order chi connectivity index (χ0) is 8.10. The first kappa shape index (κ1) is 8.49. The van der Waals surface area contributed by atoms with Crippen LogP contribution in [0.5, 0.6) is 5.88 Å². The van der Waals surface area contributed by atoms with E-state index < -0.39 is 0 Å². The second-order valence-electron chi connectivity index (χ2n) is 1.85. The monoisotopic (exact) mass is 217 g/mol. The van der Waals surface area contributed by atoms with Gasteiger partial charge in [-0.3, -0.25) is 0 Å².